The van der Waals surface area contributed by atoms with Crippen LogP contribution in [0.3, 0.4) is 0 Å². The molecule has 0 aliphatic rings. The molecule has 0 unspecified atom stereocenters. The van der Waals surface area contributed by atoms with E-state index in [1.54, 1.807) is 0 Å². The molecule has 140 valence electrons. The van der Waals surface area contributed by atoms with E-state index >= 15 is 0 Å². The summed E-state index contributed by atoms with van der Waals surface area (Å²) in [6.07, 6.45) is -13.0. The van der Waals surface area contributed by atoms with Crippen molar-refractivity contribution in [1.29, 1.82) is 0 Å². The number of rotatable bonds is 4. The highest BCUT2D eigenvalue weighted by Gasteiger charge is 2.78. The normalized spacial score (nSPS) is 16.6. The second-order valence-electron chi connectivity index (χ2n) is 5.67. The Hall–Kier alpha value is -0.750. The Bertz CT molecular complexity index is 509. The molecule has 0 spiro atoms. The molecule has 0 aromatic heterocycles. The van der Waals surface area contributed by atoms with Gasteiger partial charge in [-0.25, -0.2) is 8.42 Å². The van der Waals surface area contributed by atoms with Gasteiger partial charge in [0.25, 0.3) is 0 Å². The average Bonchev–Trinajstić information content (AvgIpc) is 2.24. The molecule has 0 saturated heterocycles. The standard InChI is InChI=1S/C10H12F10O2S/c1-5(2,7(11,12)9(15,16)17)23(21,22)6(3,4)8(13,14)10(18,19)20/h1-4H3. The molecular weight excluding hydrogens is 374 g/mol. The molecule has 0 radical (unpaired) electrons. The highest BCUT2D eigenvalue weighted by atomic mass is 32.2. The van der Waals surface area contributed by atoms with E-state index in [1.807, 2.05) is 0 Å². The smallest absolute Gasteiger partial charge is 0.227 e. The molecule has 0 aromatic carbocycles. The van der Waals surface area contributed by atoms with E-state index in [0.29, 0.717) is 0 Å². The minimum Gasteiger partial charge on any atom is -0.227 e. The zero-order valence-electron chi connectivity index (χ0n) is 12.0. The van der Waals surface area contributed by atoms with Gasteiger partial charge in [0.15, 0.2) is 9.84 Å². The lowest BCUT2D eigenvalue weighted by Crippen LogP contribution is -2.67. The number of hydrogen-bond acceptors (Lipinski definition) is 2. The van der Waals surface area contributed by atoms with Crippen molar-refractivity contribution in [3.63, 3.8) is 0 Å². The predicted octanol–water partition coefficient (Wildman–Crippen LogP) is 4.35. The lowest BCUT2D eigenvalue weighted by Gasteiger charge is -2.43. The lowest BCUT2D eigenvalue weighted by molar-refractivity contribution is -0.298. The second-order valence-corrected chi connectivity index (χ2v) is 8.72. The van der Waals surface area contributed by atoms with Crippen molar-refractivity contribution in [3.8, 4) is 0 Å². The molecule has 0 amide bonds. The summed E-state index contributed by atoms with van der Waals surface area (Å²) < 4.78 is 143. The van der Waals surface area contributed by atoms with Crippen molar-refractivity contribution in [2.75, 3.05) is 0 Å². The third kappa shape index (κ3) is 2.78. The van der Waals surface area contributed by atoms with Gasteiger partial charge in [-0.3, -0.25) is 0 Å². The Morgan fingerprint density at radius 2 is 0.696 bits per heavy atom. The van der Waals surface area contributed by atoms with E-state index in [0.717, 1.165) is 0 Å². The van der Waals surface area contributed by atoms with Gasteiger partial charge in [-0.2, -0.15) is 43.9 Å². The van der Waals surface area contributed by atoms with Crippen LogP contribution in [-0.2, 0) is 9.84 Å². The first-order chi connectivity index (χ1) is 9.50. The Morgan fingerprint density at radius 3 is 0.826 bits per heavy atom. The van der Waals surface area contributed by atoms with Crippen molar-refractivity contribution in [2.45, 2.75) is 61.4 Å². The van der Waals surface area contributed by atoms with Gasteiger partial charge in [0.1, 0.15) is 9.49 Å². The van der Waals surface area contributed by atoms with Crippen LogP contribution in [0.4, 0.5) is 43.9 Å². The van der Waals surface area contributed by atoms with E-state index in [1.165, 1.54) is 0 Å². The Balaban J connectivity index is 6.51. The van der Waals surface area contributed by atoms with Gasteiger partial charge in [0.2, 0.25) is 0 Å². The Morgan fingerprint density at radius 1 is 0.522 bits per heavy atom. The molecule has 0 heterocycles. The molecule has 0 aromatic rings. The molecule has 0 aliphatic heterocycles. The summed E-state index contributed by atoms with van der Waals surface area (Å²) in [5, 5.41) is 0. The lowest BCUT2D eigenvalue weighted by atomic mass is 10.0. The molecule has 0 N–H and O–H groups in total. The minimum atomic E-state index is -6.48. The van der Waals surface area contributed by atoms with Gasteiger partial charge in [-0.05, 0) is 27.7 Å². The van der Waals surface area contributed by atoms with E-state index < -0.39 is 43.5 Å². The Labute approximate surface area is 124 Å². The average molecular weight is 386 g/mol. The highest BCUT2D eigenvalue weighted by molar-refractivity contribution is 7.94. The summed E-state index contributed by atoms with van der Waals surface area (Å²) in [6, 6.07) is 0. The van der Waals surface area contributed by atoms with E-state index in [4.69, 9.17) is 0 Å². The first-order valence-corrected chi connectivity index (χ1v) is 7.11. The first kappa shape index (κ1) is 22.2. The molecule has 0 bridgehead atoms. The maximum Gasteiger partial charge on any atom is 0.454 e. The second kappa shape index (κ2) is 5.12. The third-order valence-corrected chi connectivity index (χ3v) is 6.77. The molecule has 0 atom stereocenters. The van der Waals surface area contributed by atoms with Crippen LogP contribution in [0.5, 0.6) is 0 Å². The molecular formula is C10H12F10O2S. The zero-order chi connectivity index (χ0) is 19.5. The van der Waals surface area contributed by atoms with Crippen molar-refractivity contribution in [2.24, 2.45) is 0 Å². The fourth-order valence-electron chi connectivity index (χ4n) is 1.66. The fraction of sp³-hybridized carbons (Fsp3) is 1.00. The summed E-state index contributed by atoms with van der Waals surface area (Å²) in [5.74, 6) is -12.1. The van der Waals surface area contributed by atoms with Crippen LogP contribution in [0.2, 0.25) is 0 Å². The van der Waals surface area contributed by atoms with Gasteiger partial charge in [0, 0.05) is 0 Å². The third-order valence-electron chi connectivity index (χ3n) is 3.57. The van der Waals surface area contributed by atoms with Crippen LogP contribution in [0.15, 0.2) is 0 Å². The predicted molar refractivity (Wildman–Crippen MR) is 59.1 cm³/mol. The maximum atomic E-state index is 13.4. The molecule has 0 fully saturated rings. The van der Waals surface area contributed by atoms with Crippen molar-refractivity contribution in [1.82, 2.24) is 0 Å². The molecule has 13 heteroatoms. The summed E-state index contributed by atoms with van der Waals surface area (Å²) >= 11 is 0. The summed E-state index contributed by atoms with van der Waals surface area (Å²) in [5.41, 5.74) is 0. The molecule has 23 heavy (non-hydrogen) atoms. The minimum absolute atomic E-state index is 0.260. The molecule has 2 nitrogen and oxygen atoms in total. The van der Waals surface area contributed by atoms with Crippen molar-refractivity contribution < 1.29 is 52.3 Å². The van der Waals surface area contributed by atoms with E-state index in [9.17, 15) is 52.3 Å². The summed E-state index contributed by atoms with van der Waals surface area (Å²) in [7, 11) is -6.36. The van der Waals surface area contributed by atoms with Crippen molar-refractivity contribution in [3.05, 3.63) is 0 Å². The largest absolute Gasteiger partial charge is 0.454 e. The number of sulfone groups is 1. The van der Waals surface area contributed by atoms with Crippen LogP contribution in [0.25, 0.3) is 0 Å². The van der Waals surface area contributed by atoms with E-state index in [2.05, 4.69) is 0 Å². The van der Waals surface area contributed by atoms with Crippen LogP contribution in [0, 0.1) is 0 Å². The van der Waals surface area contributed by atoms with Gasteiger partial charge in [-0.15, -0.1) is 0 Å². The summed E-state index contributed by atoms with van der Waals surface area (Å²) in [6.45, 7) is -1.04. The molecule has 0 saturated carbocycles. The number of alkyl halides is 10. The quantitative estimate of drug-likeness (QED) is 0.674. The van der Waals surface area contributed by atoms with Gasteiger partial charge < -0.3 is 0 Å². The van der Waals surface area contributed by atoms with Crippen LogP contribution >= 0.6 is 0 Å². The zero-order valence-corrected chi connectivity index (χ0v) is 12.8. The van der Waals surface area contributed by atoms with Gasteiger partial charge in [0.05, 0.1) is 0 Å². The van der Waals surface area contributed by atoms with Crippen LogP contribution < -0.4 is 0 Å². The van der Waals surface area contributed by atoms with Crippen LogP contribution in [0.1, 0.15) is 27.7 Å². The topological polar surface area (TPSA) is 34.1 Å². The molecule has 0 rings (SSSR count). The van der Waals surface area contributed by atoms with Crippen molar-refractivity contribution >= 4 is 9.84 Å². The van der Waals surface area contributed by atoms with E-state index in [-0.39, 0.29) is 27.7 Å². The van der Waals surface area contributed by atoms with Gasteiger partial charge >= 0.3 is 24.2 Å². The monoisotopic (exact) mass is 386 g/mol. The summed E-state index contributed by atoms with van der Waals surface area (Å²) in [4.78, 5) is 0. The van der Waals surface area contributed by atoms with Gasteiger partial charge in [-0.1, -0.05) is 0 Å². The highest BCUT2D eigenvalue weighted by Crippen LogP contribution is 2.54. The Kier molecular flexibility index (Phi) is 4.95. The maximum absolute atomic E-state index is 13.4. The first-order valence-electron chi connectivity index (χ1n) is 5.63. The van der Waals surface area contributed by atoms with Crippen LogP contribution in [-0.4, -0.2) is 42.1 Å². The fourth-order valence-corrected chi connectivity index (χ4v) is 3.84. The molecule has 0 aliphatic carbocycles. The SMILES string of the molecule is CC(C)(C(F)(F)C(F)(F)F)S(=O)(=O)C(C)(C)C(F)(F)C(F)(F)F. The number of hydrogen-bond donors (Lipinski definition) is 0. The number of halogens is 10.